The number of methoxy groups -OCH3 is 1. The highest BCUT2D eigenvalue weighted by Crippen LogP contribution is 2.39. The summed E-state index contributed by atoms with van der Waals surface area (Å²) >= 11 is 6.44. The molecule has 0 bridgehead atoms. The molecule has 6 rings (SSSR count). The summed E-state index contributed by atoms with van der Waals surface area (Å²) in [5.41, 5.74) is 3.46. The smallest absolute Gasteiger partial charge is 0.329 e. The van der Waals surface area contributed by atoms with Crippen molar-refractivity contribution >= 4 is 70.6 Å². The van der Waals surface area contributed by atoms with E-state index in [9.17, 15) is 14.2 Å². The number of nitrogens with one attached hydrogen (secondary N) is 3. The van der Waals surface area contributed by atoms with Gasteiger partial charge in [-0.05, 0) is 55.3 Å². The number of pyridine rings is 1. The number of aromatic nitrogens is 3. The quantitative estimate of drug-likeness (QED) is 0.193. The SMILES string of the molecule is COc1cc(N2CCN(Cc3ccnc(N4CCC(=O)NC4=O)c3)CC2)ccc1Nc1ncc(Cl)c(Nc2ccccc2P(C)(C)=O)n1. The van der Waals surface area contributed by atoms with Crippen molar-refractivity contribution in [2.75, 3.05) is 73.6 Å². The Balaban J connectivity index is 1.09. The normalized spacial score (nSPS) is 15.7. The van der Waals surface area contributed by atoms with Crippen molar-refractivity contribution in [2.45, 2.75) is 13.0 Å². The number of halogens is 1. The lowest BCUT2D eigenvalue weighted by Crippen LogP contribution is -2.50. The van der Waals surface area contributed by atoms with E-state index in [1.165, 1.54) is 11.1 Å². The predicted molar refractivity (Wildman–Crippen MR) is 189 cm³/mol. The topological polar surface area (TPSA) is 145 Å². The Bertz CT molecular complexity index is 1880. The predicted octanol–water partition coefficient (Wildman–Crippen LogP) is 5.04. The molecule has 2 aliphatic rings. The number of nitrogens with zero attached hydrogens (tertiary/aromatic N) is 6. The van der Waals surface area contributed by atoms with Crippen molar-refractivity contribution in [3.05, 3.63) is 77.6 Å². The van der Waals surface area contributed by atoms with Crippen LogP contribution < -0.4 is 35.8 Å². The van der Waals surface area contributed by atoms with E-state index in [4.69, 9.17) is 16.3 Å². The maximum atomic E-state index is 12.8. The van der Waals surface area contributed by atoms with Crippen LogP contribution in [0.4, 0.5) is 39.4 Å². The highest BCUT2D eigenvalue weighted by molar-refractivity contribution is 7.70. The van der Waals surface area contributed by atoms with Gasteiger partial charge in [0, 0.05) is 68.9 Å². The summed E-state index contributed by atoms with van der Waals surface area (Å²) in [6, 6.07) is 16.8. The third-order valence-corrected chi connectivity index (χ3v) is 10.0. The van der Waals surface area contributed by atoms with E-state index in [2.05, 4.69) is 40.7 Å². The fraction of sp³-hybridized carbons (Fsp3) is 0.303. The molecule has 2 aliphatic heterocycles. The number of urea groups is 1. The lowest BCUT2D eigenvalue weighted by molar-refractivity contribution is -0.120. The molecule has 0 atom stereocenters. The summed E-state index contributed by atoms with van der Waals surface area (Å²) in [5.74, 6) is 1.63. The second kappa shape index (κ2) is 14.2. The second-order valence-corrected chi connectivity index (χ2v) is 15.5. The maximum absolute atomic E-state index is 12.8. The summed E-state index contributed by atoms with van der Waals surface area (Å²) in [5, 5.41) is 9.85. The highest BCUT2D eigenvalue weighted by atomic mass is 35.5. The number of hydrogen-bond acceptors (Lipinski definition) is 11. The van der Waals surface area contributed by atoms with Gasteiger partial charge in [-0.3, -0.25) is 19.9 Å². The summed E-state index contributed by atoms with van der Waals surface area (Å²) in [6.45, 7) is 7.84. The number of benzene rings is 2. The number of rotatable bonds is 10. The van der Waals surface area contributed by atoms with Gasteiger partial charge in [-0.25, -0.2) is 14.8 Å². The van der Waals surface area contributed by atoms with Gasteiger partial charge in [0.2, 0.25) is 11.9 Å². The van der Waals surface area contributed by atoms with Crippen LogP contribution >= 0.6 is 18.7 Å². The average Bonchev–Trinajstić information content (AvgIpc) is 3.07. The molecule has 4 aromatic rings. The Hall–Kier alpha value is -4.71. The molecule has 0 saturated carbocycles. The molecule has 48 heavy (non-hydrogen) atoms. The Morgan fingerprint density at radius 3 is 2.50 bits per heavy atom. The molecule has 0 unspecified atom stereocenters. The van der Waals surface area contributed by atoms with Gasteiger partial charge in [0.25, 0.3) is 0 Å². The van der Waals surface area contributed by atoms with E-state index in [1.807, 2.05) is 54.6 Å². The number of carbonyl (C=O) groups excluding carboxylic acids is 2. The number of ether oxygens (including phenoxy) is 1. The standard InChI is InChI=1S/C33H37ClN9O4P/c1-47-27-19-23(42-16-14-41(15-17-42)21-22-10-12-35-29(18-22)43-13-11-30(44)39-33(43)45)8-9-25(27)38-32-36-20-24(34)31(40-32)37-26-6-4-5-7-28(26)48(2,3)46/h4-10,12,18-20H,11,13-17,21H2,1-3H3,(H,39,44,45)(H2,36,37,38,40). The van der Waals surface area contributed by atoms with Crippen molar-refractivity contribution in [1.29, 1.82) is 0 Å². The molecule has 3 N–H and O–H groups in total. The van der Waals surface area contributed by atoms with Crippen LogP contribution in [0.1, 0.15) is 12.0 Å². The first-order valence-electron chi connectivity index (χ1n) is 15.5. The van der Waals surface area contributed by atoms with Crippen molar-refractivity contribution in [1.82, 2.24) is 25.2 Å². The minimum absolute atomic E-state index is 0.258. The molecule has 2 saturated heterocycles. The summed E-state index contributed by atoms with van der Waals surface area (Å²) in [7, 11) is -0.922. The molecule has 15 heteroatoms. The first-order chi connectivity index (χ1) is 23.1. The monoisotopic (exact) mass is 689 g/mol. The summed E-state index contributed by atoms with van der Waals surface area (Å²) in [4.78, 5) is 43.3. The van der Waals surface area contributed by atoms with Crippen LogP contribution in [-0.4, -0.2) is 85.0 Å². The largest absolute Gasteiger partial charge is 0.494 e. The van der Waals surface area contributed by atoms with Crippen molar-refractivity contribution < 1.29 is 18.9 Å². The molecule has 0 radical (unpaired) electrons. The number of imide groups is 1. The van der Waals surface area contributed by atoms with Crippen LogP contribution in [-0.2, 0) is 15.9 Å². The zero-order valence-corrected chi connectivity index (χ0v) is 28.6. The third kappa shape index (κ3) is 7.70. The number of hydrogen-bond donors (Lipinski definition) is 3. The lowest BCUT2D eigenvalue weighted by atomic mass is 10.2. The van der Waals surface area contributed by atoms with Crippen LogP contribution in [0.2, 0.25) is 5.02 Å². The molecule has 250 valence electrons. The molecular formula is C33H37ClN9O4P. The minimum Gasteiger partial charge on any atom is -0.494 e. The van der Waals surface area contributed by atoms with E-state index in [0.29, 0.717) is 51.6 Å². The van der Waals surface area contributed by atoms with Gasteiger partial charge < -0.3 is 24.8 Å². The van der Waals surface area contributed by atoms with Crippen LogP contribution in [0.5, 0.6) is 5.75 Å². The second-order valence-electron chi connectivity index (χ2n) is 11.9. The number of carbonyl (C=O) groups is 2. The van der Waals surface area contributed by atoms with Crippen LogP contribution in [0.3, 0.4) is 0 Å². The fourth-order valence-electron chi connectivity index (χ4n) is 5.70. The van der Waals surface area contributed by atoms with Gasteiger partial charge in [0.15, 0.2) is 5.82 Å². The van der Waals surface area contributed by atoms with Gasteiger partial charge in [-0.15, -0.1) is 0 Å². The Morgan fingerprint density at radius 2 is 1.75 bits per heavy atom. The number of anilines is 6. The molecule has 2 aromatic heterocycles. The van der Waals surface area contributed by atoms with Gasteiger partial charge in [0.1, 0.15) is 23.7 Å². The van der Waals surface area contributed by atoms with Crippen molar-refractivity contribution in [3.8, 4) is 5.75 Å². The number of para-hydroxylation sites is 1. The summed E-state index contributed by atoms with van der Waals surface area (Å²) in [6.07, 6.45) is 3.47. The van der Waals surface area contributed by atoms with Crippen LogP contribution in [0.15, 0.2) is 67.0 Å². The molecule has 3 amide bonds. The highest BCUT2D eigenvalue weighted by Gasteiger charge is 2.26. The van der Waals surface area contributed by atoms with Crippen LogP contribution in [0, 0.1) is 0 Å². The Morgan fingerprint density at radius 1 is 0.958 bits per heavy atom. The van der Waals surface area contributed by atoms with E-state index >= 15 is 0 Å². The number of amides is 3. The van der Waals surface area contributed by atoms with E-state index < -0.39 is 13.2 Å². The molecule has 4 heterocycles. The lowest BCUT2D eigenvalue weighted by Gasteiger charge is -2.36. The van der Waals surface area contributed by atoms with E-state index in [-0.39, 0.29) is 12.3 Å². The van der Waals surface area contributed by atoms with Gasteiger partial charge in [-0.2, -0.15) is 4.98 Å². The van der Waals surface area contributed by atoms with E-state index in [0.717, 1.165) is 44.0 Å². The molecule has 0 spiro atoms. The van der Waals surface area contributed by atoms with E-state index in [1.54, 1.807) is 26.6 Å². The van der Waals surface area contributed by atoms with Crippen molar-refractivity contribution in [3.63, 3.8) is 0 Å². The molecule has 0 aliphatic carbocycles. The molecule has 2 fully saturated rings. The fourth-order valence-corrected chi connectivity index (χ4v) is 7.00. The molecular weight excluding hydrogens is 653 g/mol. The Labute approximate surface area is 284 Å². The molecule has 13 nitrogen and oxygen atoms in total. The first-order valence-corrected chi connectivity index (χ1v) is 18.5. The minimum atomic E-state index is -2.54. The van der Waals surface area contributed by atoms with Crippen LogP contribution in [0.25, 0.3) is 0 Å². The zero-order valence-electron chi connectivity index (χ0n) is 26.9. The average molecular weight is 690 g/mol. The third-order valence-electron chi connectivity index (χ3n) is 8.20. The van der Waals surface area contributed by atoms with Gasteiger partial charge in [0.05, 0.1) is 24.7 Å². The van der Waals surface area contributed by atoms with Gasteiger partial charge in [-0.1, -0.05) is 23.7 Å². The first kappa shape index (κ1) is 33.2. The zero-order chi connectivity index (χ0) is 33.8. The summed E-state index contributed by atoms with van der Waals surface area (Å²) < 4.78 is 18.6. The molecule has 2 aromatic carbocycles. The Kier molecular flexibility index (Phi) is 9.81. The van der Waals surface area contributed by atoms with Gasteiger partial charge >= 0.3 is 6.03 Å². The number of piperazine rings is 1. The van der Waals surface area contributed by atoms with Crippen molar-refractivity contribution in [2.24, 2.45) is 0 Å². The maximum Gasteiger partial charge on any atom is 0.329 e.